The van der Waals surface area contributed by atoms with Gasteiger partial charge in [0.1, 0.15) is 23.5 Å². The average molecular weight is 277 g/mol. The lowest BCUT2D eigenvalue weighted by Crippen LogP contribution is -2.37. The number of carbonyl (C=O) groups is 1. The molecular weight excluding hydrogens is 254 g/mol. The number of hydrogen-bond acceptors (Lipinski definition) is 5. The Balaban J connectivity index is 2.11. The highest BCUT2D eigenvalue weighted by Crippen LogP contribution is 2.38. The number of anilines is 2. The van der Waals surface area contributed by atoms with Gasteiger partial charge in [-0.15, -0.1) is 0 Å². The monoisotopic (exact) mass is 277 g/mol. The molecule has 6 nitrogen and oxygen atoms in total. The largest absolute Gasteiger partial charge is 0.370 e. The highest BCUT2D eigenvalue weighted by atomic mass is 16.2. The summed E-state index contributed by atoms with van der Waals surface area (Å²) in [6, 6.07) is 1.54. The van der Waals surface area contributed by atoms with Crippen LogP contribution in [-0.2, 0) is 4.79 Å². The van der Waals surface area contributed by atoms with Crippen LogP contribution in [0.3, 0.4) is 0 Å². The Hall–Kier alpha value is -1.85. The van der Waals surface area contributed by atoms with Gasteiger partial charge in [-0.05, 0) is 33.6 Å². The lowest BCUT2D eigenvalue weighted by atomic mass is 10.3. The number of rotatable bonds is 7. The molecule has 1 saturated carbocycles. The Morgan fingerprint density at radius 1 is 1.30 bits per heavy atom. The molecule has 1 aliphatic carbocycles. The fraction of sp³-hybridized carbons (Fsp3) is 0.643. The van der Waals surface area contributed by atoms with E-state index < -0.39 is 0 Å². The van der Waals surface area contributed by atoms with Gasteiger partial charge < -0.3 is 16.0 Å². The van der Waals surface area contributed by atoms with Crippen molar-refractivity contribution in [3.8, 4) is 0 Å². The fourth-order valence-corrected chi connectivity index (χ4v) is 1.95. The SMILES string of the molecule is CCNC(=O)C(C)Nc1cc(NCC)nc(C2CC2)n1. The van der Waals surface area contributed by atoms with E-state index >= 15 is 0 Å². The molecule has 0 aliphatic heterocycles. The van der Waals surface area contributed by atoms with Crippen LogP contribution in [0.4, 0.5) is 11.6 Å². The molecule has 1 aromatic rings. The predicted molar refractivity (Wildman–Crippen MR) is 79.9 cm³/mol. The average Bonchev–Trinajstić information content (AvgIpc) is 3.23. The molecule has 0 saturated heterocycles. The first-order valence-electron chi connectivity index (χ1n) is 7.31. The van der Waals surface area contributed by atoms with Gasteiger partial charge >= 0.3 is 0 Å². The quantitative estimate of drug-likeness (QED) is 0.707. The van der Waals surface area contributed by atoms with Crippen molar-refractivity contribution in [1.82, 2.24) is 15.3 Å². The number of carbonyl (C=O) groups excluding carboxylic acids is 1. The molecule has 1 fully saturated rings. The molecule has 0 aromatic carbocycles. The van der Waals surface area contributed by atoms with Crippen LogP contribution in [0.1, 0.15) is 45.4 Å². The minimum atomic E-state index is -0.314. The van der Waals surface area contributed by atoms with Gasteiger partial charge in [-0.3, -0.25) is 4.79 Å². The number of nitrogens with one attached hydrogen (secondary N) is 3. The fourth-order valence-electron chi connectivity index (χ4n) is 1.95. The molecule has 0 radical (unpaired) electrons. The van der Waals surface area contributed by atoms with Crippen molar-refractivity contribution >= 4 is 17.5 Å². The topological polar surface area (TPSA) is 78.9 Å². The highest BCUT2D eigenvalue weighted by molar-refractivity contribution is 5.83. The van der Waals surface area contributed by atoms with Crippen LogP contribution in [0.2, 0.25) is 0 Å². The molecule has 20 heavy (non-hydrogen) atoms. The van der Waals surface area contributed by atoms with Crippen molar-refractivity contribution in [3.63, 3.8) is 0 Å². The Bertz CT molecular complexity index is 473. The molecule has 110 valence electrons. The van der Waals surface area contributed by atoms with E-state index in [1.165, 1.54) is 0 Å². The van der Waals surface area contributed by atoms with Crippen LogP contribution in [-0.4, -0.2) is 35.0 Å². The van der Waals surface area contributed by atoms with Gasteiger partial charge in [-0.25, -0.2) is 9.97 Å². The second kappa shape index (κ2) is 6.54. The number of nitrogens with zero attached hydrogens (tertiary/aromatic N) is 2. The molecule has 2 rings (SSSR count). The molecule has 1 atom stereocenters. The van der Waals surface area contributed by atoms with E-state index in [9.17, 15) is 4.79 Å². The highest BCUT2D eigenvalue weighted by Gasteiger charge is 2.27. The Morgan fingerprint density at radius 3 is 2.60 bits per heavy atom. The molecule has 6 heteroatoms. The summed E-state index contributed by atoms with van der Waals surface area (Å²) in [5.41, 5.74) is 0. The van der Waals surface area contributed by atoms with Crippen LogP contribution < -0.4 is 16.0 Å². The number of hydrogen-bond donors (Lipinski definition) is 3. The standard InChI is InChI=1S/C14H23N5O/c1-4-15-11-8-12(17-9(3)14(20)16-5-2)19-13(18-11)10-6-7-10/h8-10H,4-7H2,1-3H3,(H,16,20)(H2,15,17,18,19). The summed E-state index contributed by atoms with van der Waals surface area (Å²) in [5, 5.41) is 9.15. The number of amides is 1. The molecule has 1 aromatic heterocycles. The van der Waals surface area contributed by atoms with Crippen molar-refractivity contribution in [2.45, 2.75) is 45.6 Å². The maximum absolute atomic E-state index is 11.8. The van der Waals surface area contributed by atoms with Gasteiger partial charge in [-0.1, -0.05) is 0 Å². The smallest absolute Gasteiger partial charge is 0.242 e. The number of aromatic nitrogens is 2. The van der Waals surface area contributed by atoms with E-state index in [1.807, 2.05) is 26.8 Å². The summed E-state index contributed by atoms with van der Waals surface area (Å²) in [4.78, 5) is 20.8. The van der Waals surface area contributed by atoms with E-state index in [0.29, 0.717) is 18.3 Å². The molecule has 3 N–H and O–H groups in total. The van der Waals surface area contributed by atoms with Crippen LogP contribution in [0.15, 0.2) is 6.07 Å². The summed E-state index contributed by atoms with van der Waals surface area (Å²) in [7, 11) is 0. The zero-order valence-electron chi connectivity index (χ0n) is 12.4. The second-order valence-electron chi connectivity index (χ2n) is 5.06. The third-order valence-corrected chi connectivity index (χ3v) is 3.15. The summed E-state index contributed by atoms with van der Waals surface area (Å²) in [5.74, 6) is 2.85. The zero-order valence-corrected chi connectivity index (χ0v) is 12.4. The summed E-state index contributed by atoms with van der Waals surface area (Å²) in [6.07, 6.45) is 2.31. The Labute approximate surface area is 119 Å². The first kappa shape index (κ1) is 14.6. The third kappa shape index (κ3) is 3.82. The van der Waals surface area contributed by atoms with Gasteiger partial charge in [0.2, 0.25) is 5.91 Å². The van der Waals surface area contributed by atoms with Crippen molar-refractivity contribution in [2.75, 3.05) is 23.7 Å². The normalized spacial score (nSPS) is 15.6. The lowest BCUT2D eigenvalue weighted by Gasteiger charge is -2.15. The summed E-state index contributed by atoms with van der Waals surface area (Å²) in [6.45, 7) is 7.21. The molecule has 1 aliphatic rings. The second-order valence-corrected chi connectivity index (χ2v) is 5.06. The molecule has 1 unspecified atom stereocenters. The van der Waals surface area contributed by atoms with Crippen molar-refractivity contribution in [1.29, 1.82) is 0 Å². The minimum Gasteiger partial charge on any atom is -0.370 e. The van der Waals surface area contributed by atoms with Crippen LogP contribution >= 0.6 is 0 Å². The van der Waals surface area contributed by atoms with E-state index in [2.05, 4.69) is 25.9 Å². The van der Waals surface area contributed by atoms with E-state index in [-0.39, 0.29) is 11.9 Å². The molecule has 1 amide bonds. The van der Waals surface area contributed by atoms with Gasteiger partial charge in [-0.2, -0.15) is 0 Å². The van der Waals surface area contributed by atoms with E-state index in [4.69, 9.17) is 0 Å². The molecular formula is C14H23N5O. The third-order valence-electron chi connectivity index (χ3n) is 3.15. The molecule has 0 spiro atoms. The zero-order chi connectivity index (χ0) is 14.5. The van der Waals surface area contributed by atoms with Crippen molar-refractivity contribution in [3.05, 3.63) is 11.9 Å². The van der Waals surface area contributed by atoms with Crippen LogP contribution in [0.5, 0.6) is 0 Å². The van der Waals surface area contributed by atoms with Crippen LogP contribution in [0, 0.1) is 0 Å². The molecule has 1 heterocycles. The summed E-state index contributed by atoms with van der Waals surface area (Å²) >= 11 is 0. The first-order chi connectivity index (χ1) is 9.63. The lowest BCUT2D eigenvalue weighted by molar-refractivity contribution is -0.121. The van der Waals surface area contributed by atoms with Gasteiger partial charge in [0.05, 0.1) is 0 Å². The number of likely N-dealkylation sites (N-methyl/N-ethyl adjacent to an activating group) is 1. The minimum absolute atomic E-state index is 0.0240. The van der Waals surface area contributed by atoms with Crippen LogP contribution in [0.25, 0.3) is 0 Å². The molecule has 0 bridgehead atoms. The maximum atomic E-state index is 11.8. The van der Waals surface area contributed by atoms with E-state index in [1.54, 1.807) is 0 Å². The Morgan fingerprint density at radius 2 is 2.00 bits per heavy atom. The maximum Gasteiger partial charge on any atom is 0.242 e. The van der Waals surface area contributed by atoms with Gasteiger partial charge in [0.15, 0.2) is 0 Å². The Kier molecular flexibility index (Phi) is 4.76. The van der Waals surface area contributed by atoms with E-state index in [0.717, 1.165) is 31.0 Å². The summed E-state index contributed by atoms with van der Waals surface area (Å²) < 4.78 is 0. The first-order valence-corrected chi connectivity index (χ1v) is 7.31. The predicted octanol–water partition coefficient (Wildman–Crippen LogP) is 1.72. The van der Waals surface area contributed by atoms with Gasteiger partial charge in [0, 0.05) is 25.1 Å². The van der Waals surface area contributed by atoms with Gasteiger partial charge in [0.25, 0.3) is 0 Å². The van der Waals surface area contributed by atoms with Crippen molar-refractivity contribution < 1.29 is 4.79 Å². The van der Waals surface area contributed by atoms with Crippen molar-refractivity contribution in [2.24, 2.45) is 0 Å².